The Hall–Kier alpha value is -1.16. The Labute approximate surface area is 124 Å². The van der Waals surface area contributed by atoms with E-state index in [1.54, 1.807) is 11.3 Å². The Morgan fingerprint density at radius 2 is 2.25 bits per heavy atom. The molecule has 1 heterocycles. The number of nitrogens with one attached hydrogen (secondary N) is 1. The fraction of sp³-hybridized carbons (Fsp3) is 0.625. The van der Waals surface area contributed by atoms with Gasteiger partial charge in [0.15, 0.2) is 0 Å². The minimum absolute atomic E-state index is 0.197. The molecule has 3 atom stereocenters. The lowest BCUT2D eigenvalue weighted by Gasteiger charge is -2.17. The van der Waals surface area contributed by atoms with Crippen LogP contribution in [0, 0.1) is 24.7 Å². The number of hydrogen-bond acceptors (Lipinski definition) is 3. The zero-order valence-corrected chi connectivity index (χ0v) is 13.2. The second-order valence-corrected chi connectivity index (χ2v) is 7.44. The second kappa shape index (κ2) is 5.32. The third kappa shape index (κ3) is 2.53. The first-order valence-corrected chi connectivity index (χ1v) is 8.28. The van der Waals surface area contributed by atoms with Crippen LogP contribution in [0.1, 0.15) is 48.2 Å². The van der Waals surface area contributed by atoms with Gasteiger partial charge in [0.25, 0.3) is 0 Å². The molecule has 1 aromatic heterocycles. The first kappa shape index (κ1) is 13.8. The number of rotatable bonds is 4. The Bertz CT molecular complexity index is 547. The molecule has 108 valence electrons. The minimum atomic E-state index is 0.197. The SMILES string of the molecule is Cc1nc(C(C)C)sc1CNC(=O)[C@@H]1C[C@@H]2C=C[C@H]1C2. The van der Waals surface area contributed by atoms with E-state index >= 15 is 0 Å². The third-order valence-electron chi connectivity index (χ3n) is 4.44. The van der Waals surface area contributed by atoms with Gasteiger partial charge in [-0.3, -0.25) is 4.79 Å². The Morgan fingerprint density at radius 3 is 2.80 bits per heavy atom. The van der Waals surface area contributed by atoms with Crippen LogP contribution in [0.4, 0.5) is 0 Å². The Morgan fingerprint density at radius 1 is 1.45 bits per heavy atom. The maximum absolute atomic E-state index is 12.3. The normalized spacial score (nSPS) is 27.5. The highest BCUT2D eigenvalue weighted by molar-refractivity contribution is 7.11. The van der Waals surface area contributed by atoms with Crippen molar-refractivity contribution in [1.29, 1.82) is 0 Å². The number of allylic oxidation sites excluding steroid dienone is 2. The van der Waals surface area contributed by atoms with Crippen molar-refractivity contribution in [2.75, 3.05) is 0 Å². The highest BCUT2D eigenvalue weighted by Crippen LogP contribution is 2.43. The molecule has 1 N–H and O–H groups in total. The van der Waals surface area contributed by atoms with Crippen LogP contribution in [0.15, 0.2) is 12.2 Å². The number of fused-ring (bicyclic) bond motifs is 2. The number of carbonyl (C=O) groups is 1. The van der Waals surface area contributed by atoms with E-state index in [1.807, 2.05) is 6.92 Å². The molecule has 2 aliphatic carbocycles. The van der Waals surface area contributed by atoms with Gasteiger partial charge in [-0.15, -0.1) is 11.3 Å². The van der Waals surface area contributed by atoms with Crippen molar-refractivity contribution in [2.24, 2.45) is 17.8 Å². The number of nitrogens with zero attached hydrogens (tertiary/aromatic N) is 1. The quantitative estimate of drug-likeness (QED) is 0.864. The van der Waals surface area contributed by atoms with E-state index in [0.29, 0.717) is 24.3 Å². The van der Waals surface area contributed by atoms with E-state index in [9.17, 15) is 4.79 Å². The molecule has 3 rings (SSSR count). The molecule has 1 aromatic rings. The van der Waals surface area contributed by atoms with E-state index in [0.717, 1.165) is 17.1 Å². The van der Waals surface area contributed by atoms with Crippen LogP contribution < -0.4 is 5.32 Å². The monoisotopic (exact) mass is 290 g/mol. The molecule has 0 aromatic carbocycles. The summed E-state index contributed by atoms with van der Waals surface area (Å²) in [6.07, 6.45) is 6.71. The first-order valence-electron chi connectivity index (χ1n) is 7.47. The fourth-order valence-corrected chi connectivity index (χ4v) is 4.25. The maximum Gasteiger partial charge on any atom is 0.224 e. The molecule has 20 heavy (non-hydrogen) atoms. The number of aryl methyl sites for hydroxylation is 1. The van der Waals surface area contributed by atoms with Crippen LogP contribution in [0.25, 0.3) is 0 Å². The highest BCUT2D eigenvalue weighted by atomic mass is 32.1. The average Bonchev–Trinajstić information content (AvgIpc) is 3.10. The van der Waals surface area contributed by atoms with Crippen LogP contribution in [0.2, 0.25) is 0 Å². The van der Waals surface area contributed by atoms with Crippen molar-refractivity contribution in [3.05, 3.63) is 27.7 Å². The summed E-state index contributed by atoms with van der Waals surface area (Å²) in [6, 6.07) is 0. The summed E-state index contributed by atoms with van der Waals surface area (Å²) in [5, 5.41) is 4.28. The molecule has 1 amide bonds. The molecule has 0 spiro atoms. The number of amides is 1. The summed E-state index contributed by atoms with van der Waals surface area (Å²) in [6.45, 7) is 6.97. The van der Waals surface area contributed by atoms with Crippen molar-refractivity contribution >= 4 is 17.2 Å². The number of thiazole rings is 1. The third-order valence-corrected chi connectivity index (χ3v) is 5.90. The van der Waals surface area contributed by atoms with Gasteiger partial charge in [-0.1, -0.05) is 26.0 Å². The summed E-state index contributed by atoms with van der Waals surface area (Å²) >= 11 is 1.73. The van der Waals surface area contributed by atoms with Gasteiger partial charge in [-0.2, -0.15) is 0 Å². The van der Waals surface area contributed by atoms with Gasteiger partial charge >= 0.3 is 0 Å². The van der Waals surface area contributed by atoms with E-state index in [1.165, 1.54) is 11.3 Å². The molecule has 0 saturated heterocycles. The van der Waals surface area contributed by atoms with Gasteiger partial charge in [0.1, 0.15) is 0 Å². The lowest BCUT2D eigenvalue weighted by molar-refractivity contribution is -0.125. The maximum atomic E-state index is 12.3. The van der Waals surface area contributed by atoms with E-state index in [2.05, 4.69) is 36.3 Å². The zero-order chi connectivity index (χ0) is 14.3. The van der Waals surface area contributed by atoms with Gasteiger partial charge in [-0.05, 0) is 31.6 Å². The topological polar surface area (TPSA) is 42.0 Å². The van der Waals surface area contributed by atoms with Crippen LogP contribution in [-0.4, -0.2) is 10.9 Å². The largest absolute Gasteiger partial charge is 0.351 e. The van der Waals surface area contributed by atoms with Crippen LogP contribution in [-0.2, 0) is 11.3 Å². The number of carbonyl (C=O) groups excluding carboxylic acids is 1. The molecule has 4 heteroatoms. The van der Waals surface area contributed by atoms with Crippen molar-refractivity contribution in [3.63, 3.8) is 0 Å². The van der Waals surface area contributed by atoms with Gasteiger partial charge < -0.3 is 5.32 Å². The van der Waals surface area contributed by atoms with Crippen molar-refractivity contribution in [2.45, 2.75) is 46.1 Å². The number of hydrogen-bond donors (Lipinski definition) is 1. The van der Waals surface area contributed by atoms with Gasteiger partial charge in [0.05, 0.1) is 17.2 Å². The Kier molecular flexibility index (Phi) is 3.67. The fourth-order valence-electron chi connectivity index (χ4n) is 3.24. The van der Waals surface area contributed by atoms with Crippen molar-refractivity contribution in [3.8, 4) is 0 Å². The molecule has 0 unspecified atom stereocenters. The Balaban J connectivity index is 1.59. The standard InChI is InChI=1S/C16H22N2OS/c1-9(2)16-18-10(3)14(20-16)8-17-15(19)13-7-11-4-5-12(13)6-11/h4-5,9,11-13H,6-8H2,1-3H3,(H,17,19)/t11-,12+,13-/m1/s1. The van der Waals surface area contributed by atoms with Crippen molar-refractivity contribution in [1.82, 2.24) is 10.3 Å². The van der Waals surface area contributed by atoms with Gasteiger partial charge in [-0.25, -0.2) is 4.98 Å². The molecular weight excluding hydrogens is 268 g/mol. The average molecular weight is 290 g/mol. The molecule has 1 saturated carbocycles. The van der Waals surface area contributed by atoms with Crippen LogP contribution >= 0.6 is 11.3 Å². The lowest BCUT2D eigenvalue weighted by Crippen LogP contribution is -2.32. The van der Waals surface area contributed by atoms with E-state index < -0.39 is 0 Å². The molecule has 3 nitrogen and oxygen atoms in total. The summed E-state index contributed by atoms with van der Waals surface area (Å²) < 4.78 is 0. The van der Waals surface area contributed by atoms with Gasteiger partial charge in [0, 0.05) is 16.7 Å². The zero-order valence-electron chi connectivity index (χ0n) is 12.3. The molecular formula is C16H22N2OS. The molecule has 2 bridgehead atoms. The van der Waals surface area contributed by atoms with E-state index in [-0.39, 0.29) is 11.8 Å². The van der Waals surface area contributed by atoms with Crippen LogP contribution in [0.3, 0.4) is 0 Å². The minimum Gasteiger partial charge on any atom is -0.351 e. The predicted molar refractivity (Wildman–Crippen MR) is 81.6 cm³/mol. The molecule has 1 fully saturated rings. The molecule has 0 aliphatic heterocycles. The lowest BCUT2D eigenvalue weighted by atomic mass is 9.93. The predicted octanol–water partition coefficient (Wildman–Crippen LogP) is 3.40. The molecule has 2 aliphatic rings. The second-order valence-electron chi connectivity index (χ2n) is 6.32. The van der Waals surface area contributed by atoms with Crippen molar-refractivity contribution < 1.29 is 4.79 Å². The van der Waals surface area contributed by atoms with Crippen LogP contribution in [0.5, 0.6) is 0 Å². The van der Waals surface area contributed by atoms with E-state index in [4.69, 9.17) is 0 Å². The smallest absolute Gasteiger partial charge is 0.224 e. The summed E-state index contributed by atoms with van der Waals surface area (Å²) in [7, 11) is 0. The number of aromatic nitrogens is 1. The molecule has 0 radical (unpaired) electrons. The highest BCUT2D eigenvalue weighted by Gasteiger charge is 2.39. The van der Waals surface area contributed by atoms with Gasteiger partial charge in [0.2, 0.25) is 5.91 Å². The first-order chi connectivity index (χ1) is 9.54. The summed E-state index contributed by atoms with van der Waals surface area (Å²) in [5.41, 5.74) is 1.06. The summed E-state index contributed by atoms with van der Waals surface area (Å²) in [4.78, 5) is 18.1. The summed E-state index contributed by atoms with van der Waals surface area (Å²) in [5.74, 6) is 2.00.